The van der Waals surface area contributed by atoms with Crippen LogP contribution in [0.3, 0.4) is 0 Å². The highest BCUT2D eigenvalue weighted by molar-refractivity contribution is 14.1. The average Bonchev–Trinajstić information content (AvgIpc) is 1.69. The molecule has 0 aliphatic rings. The van der Waals surface area contributed by atoms with Gasteiger partial charge in [0.25, 0.3) is 0 Å². The normalized spacial score (nSPS) is 10.6. The summed E-state index contributed by atoms with van der Waals surface area (Å²) >= 11 is 5.81. The van der Waals surface area contributed by atoms with E-state index in [9.17, 15) is 0 Å². The van der Waals surface area contributed by atoms with Crippen LogP contribution in [-0.4, -0.2) is 16.3 Å². The van der Waals surface area contributed by atoms with Gasteiger partial charge in [0, 0.05) is 5.33 Å². The molecule has 0 heterocycles. The fraction of sp³-hybridized carbons (Fsp3) is 1.00. The van der Waals surface area contributed by atoms with E-state index in [4.69, 9.17) is 0 Å². The maximum absolute atomic E-state index is 3.38. The number of hydrogen-bond acceptors (Lipinski definition) is 0. The standard InChI is InChI=1S/C3H8BBrIP/c5-2-1-3-7-4-6/h4,7H,1-3H2. The van der Waals surface area contributed by atoms with Crippen molar-refractivity contribution in [3.05, 3.63) is 0 Å². The molecule has 1 atom stereocenters. The van der Waals surface area contributed by atoms with Crippen molar-refractivity contribution < 1.29 is 0 Å². The molecule has 42 valence electrons. The third-order valence-corrected chi connectivity index (χ3v) is 3.66. The van der Waals surface area contributed by atoms with E-state index in [0.29, 0.717) is 0 Å². The Labute approximate surface area is 69.2 Å². The molecule has 0 N–H and O–H groups in total. The van der Waals surface area contributed by atoms with Crippen molar-refractivity contribution in [1.29, 1.82) is 0 Å². The summed E-state index contributed by atoms with van der Waals surface area (Å²) in [6.07, 6.45) is 2.76. The Kier molecular flexibility index (Phi) is 9.58. The van der Waals surface area contributed by atoms with Crippen molar-refractivity contribution in [2.45, 2.75) is 6.42 Å². The van der Waals surface area contributed by atoms with Crippen LogP contribution in [0.25, 0.3) is 0 Å². The molecular formula is C3H8BBrIP. The topological polar surface area (TPSA) is 0 Å². The summed E-state index contributed by atoms with van der Waals surface area (Å²) in [5, 5.41) is 1.18. The molecule has 4 heteroatoms. The van der Waals surface area contributed by atoms with Gasteiger partial charge in [0.15, 0.2) is 0 Å². The Hall–Kier alpha value is 1.70. The molecule has 0 aliphatic carbocycles. The highest BCUT2D eigenvalue weighted by atomic mass is 127. The van der Waals surface area contributed by atoms with E-state index >= 15 is 0 Å². The summed E-state index contributed by atoms with van der Waals surface area (Å²) < 4.78 is 0. The van der Waals surface area contributed by atoms with Crippen molar-refractivity contribution in [2.75, 3.05) is 11.5 Å². The molecule has 0 aromatic carbocycles. The first-order valence-electron chi connectivity index (χ1n) is 2.24. The lowest BCUT2D eigenvalue weighted by molar-refractivity contribution is 1.14. The van der Waals surface area contributed by atoms with Crippen LogP contribution < -0.4 is 0 Å². The summed E-state index contributed by atoms with van der Waals surface area (Å²) in [7, 11) is 1.18. The van der Waals surface area contributed by atoms with Crippen LogP contribution in [0.5, 0.6) is 0 Å². The molecule has 0 aromatic rings. The maximum atomic E-state index is 3.38. The Morgan fingerprint density at radius 2 is 2.43 bits per heavy atom. The van der Waals surface area contributed by atoms with Gasteiger partial charge in [-0.15, -0.1) is 30.8 Å². The fourth-order valence-electron chi connectivity index (χ4n) is 0.259. The molecule has 0 saturated carbocycles. The highest BCUT2D eigenvalue weighted by Gasteiger charge is 1.83. The van der Waals surface area contributed by atoms with Crippen molar-refractivity contribution in [3.8, 4) is 0 Å². The second-order valence-electron chi connectivity index (χ2n) is 1.18. The monoisotopic (exact) mass is 292 g/mol. The van der Waals surface area contributed by atoms with Gasteiger partial charge >= 0.3 is 0 Å². The molecule has 1 unspecified atom stereocenters. The minimum atomic E-state index is 1.18. The molecule has 0 saturated heterocycles. The van der Waals surface area contributed by atoms with Crippen LogP contribution in [0.4, 0.5) is 0 Å². The predicted molar refractivity (Wildman–Crippen MR) is 52.8 cm³/mol. The van der Waals surface area contributed by atoms with Crippen LogP contribution in [0.1, 0.15) is 6.42 Å². The molecule has 0 bridgehead atoms. The van der Waals surface area contributed by atoms with Crippen molar-refractivity contribution >= 4 is 51.6 Å². The summed E-state index contributed by atoms with van der Waals surface area (Å²) in [4.78, 5) is 1.34. The zero-order chi connectivity index (χ0) is 5.54. The molecule has 0 aliphatic heterocycles. The Balaban J connectivity index is 2.45. The maximum Gasteiger partial charge on any atom is 0.225 e. The van der Waals surface area contributed by atoms with Gasteiger partial charge in [-0.05, 0) is 12.6 Å². The van der Waals surface area contributed by atoms with Gasteiger partial charge in [-0.3, -0.25) is 0 Å². The number of hydrogen-bond donors (Lipinski definition) is 0. The minimum Gasteiger partial charge on any atom is -0.148 e. The Morgan fingerprint density at radius 3 is 2.86 bits per heavy atom. The first-order valence-corrected chi connectivity index (χ1v) is 6.30. The van der Waals surface area contributed by atoms with Gasteiger partial charge in [-0.2, -0.15) is 0 Å². The van der Waals surface area contributed by atoms with E-state index in [1.807, 2.05) is 0 Å². The smallest absolute Gasteiger partial charge is 0.148 e. The predicted octanol–water partition coefficient (Wildman–Crippen LogP) is 2.15. The van der Waals surface area contributed by atoms with Gasteiger partial charge in [0.1, 0.15) is 0 Å². The number of rotatable bonds is 4. The summed E-state index contributed by atoms with van der Waals surface area (Å²) in [5.41, 5.74) is 0. The lowest BCUT2D eigenvalue weighted by atomic mass is 10.6. The van der Waals surface area contributed by atoms with E-state index in [2.05, 4.69) is 38.3 Å². The van der Waals surface area contributed by atoms with Gasteiger partial charge in [-0.25, -0.2) is 0 Å². The van der Waals surface area contributed by atoms with E-state index in [-0.39, 0.29) is 0 Å². The molecule has 0 radical (unpaired) electrons. The fourth-order valence-corrected chi connectivity index (χ4v) is 2.76. The number of halogens is 2. The molecule has 0 fully saturated rings. The summed E-state index contributed by atoms with van der Waals surface area (Å²) in [6, 6.07) is 0. The van der Waals surface area contributed by atoms with Crippen LogP contribution in [0.2, 0.25) is 0 Å². The zero-order valence-electron chi connectivity index (χ0n) is 4.08. The second kappa shape index (κ2) is 7.70. The minimum absolute atomic E-state index is 1.18. The van der Waals surface area contributed by atoms with Crippen LogP contribution in [0.15, 0.2) is 0 Å². The lowest BCUT2D eigenvalue weighted by Crippen LogP contribution is -1.76. The molecule has 0 spiro atoms. The van der Waals surface area contributed by atoms with E-state index < -0.39 is 0 Å². The van der Waals surface area contributed by atoms with E-state index in [1.165, 1.54) is 31.2 Å². The highest BCUT2D eigenvalue weighted by Crippen LogP contribution is 2.11. The van der Waals surface area contributed by atoms with E-state index in [0.717, 1.165) is 0 Å². The molecule has 0 nitrogen and oxygen atoms in total. The molecule has 7 heavy (non-hydrogen) atoms. The van der Waals surface area contributed by atoms with Gasteiger partial charge in [0.2, 0.25) is 4.86 Å². The van der Waals surface area contributed by atoms with Crippen LogP contribution in [0, 0.1) is 0 Å². The lowest BCUT2D eigenvalue weighted by Gasteiger charge is -1.88. The quantitative estimate of drug-likeness (QED) is 0.245. The van der Waals surface area contributed by atoms with E-state index in [1.54, 1.807) is 0 Å². The number of alkyl halides is 1. The molecule has 0 aromatic heterocycles. The van der Waals surface area contributed by atoms with Crippen molar-refractivity contribution in [2.24, 2.45) is 0 Å². The molecule has 0 amide bonds. The molecular weight excluding hydrogens is 285 g/mol. The van der Waals surface area contributed by atoms with Gasteiger partial charge in [0.05, 0.1) is 0 Å². The first-order chi connectivity index (χ1) is 3.41. The zero-order valence-corrected chi connectivity index (χ0v) is 8.83. The van der Waals surface area contributed by atoms with Crippen LogP contribution >= 0.6 is 46.8 Å². The average molecular weight is 293 g/mol. The Bertz CT molecular complexity index is 34.1. The van der Waals surface area contributed by atoms with Gasteiger partial charge in [-0.1, -0.05) is 15.9 Å². The second-order valence-corrected chi connectivity index (χ2v) is 5.52. The van der Waals surface area contributed by atoms with Crippen molar-refractivity contribution in [3.63, 3.8) is 0 Å². The van der Waals surface area contributed by atoms with Crippen LogP contribution in [-0.2, 0) is 0 Å². The Morgan fingerprint density at radius 1 is 1.71 bits per heavy atom. The van der Waals surface area contributed by atoms with Gasteiger partial charge < -0.3 is 0 Å². The summed E-state index contributed by atoms with van der Waals surface area (Å²) in [5.74, 6) is 0. The van der Waals surface area contributed by atoms with Crippen molar-refractivity contribution in [1.82, 2.24) is 0 Å². The summed E-state index contributed by atoms with van der Waals surface area (Å²) in [6.45, 7) is 0. The molecule has 0 rings (SSSR count). The SMILES string of the molecule is BrCCCPBI. The first kappa shape index (κ1) is 8.70. The third kappa shape index (κ3) is 7.70. The third-order valence-electron chi connectivity index (χ3n) is 0.582. The largest absolute Gasteiger partial charge is 0.225 e.